The number of alkyl halides is 3. The number of nitrogens with zero attached hydrogens (tertiary/aromatic N) is 2. The van der Waals surface area contributed by atoms with Crippen molar-refractivity contribution in [1.82, 2.24) is 9.78 Å². The molecule has 0 amide bonds. The maximum Gasteiger partial charge on any atom is 0.435 e. The van der Waals surface area contributed by atoms with Crippen molar-refractivity contribution in [1.29, 1.82) is 0 Å². The molecule has 1 aliphatic carbocycles. The van der Waals surface area contributed by atoms with Gasteiger partial charge in [0.15, 0.2) is 5.69 Å². The molecule has 3 nitrogen and oxygen atoms in total. The van der Waals surface area contributed by atoms with Crippen molar-refractivity contribution in [3.8, 4) is 0 Å². The van der Waals surface area contributed by atoms with Crippen LogP contribution in [0.2, 0.25) is 0 Å². The second-order valence-electron chi connectivity index (χ2n) is 4.19. The highest BCUT2D eigenvalue weighted by atomic mass is 19.4. The zero-order chi connectivity index (χ0) is 11.8. The molecular formula is C10H14F3N3. The molecule has 6 heteroatoms. The first-order chi connectivity index (χ1) is 7.48. The number of halogens is 3. The van der Waals surface area contributed by atoms with E-state index in [4.69, 9.17) is 5.73 Å². The van der Waals surface area contributed by atoms with E-state index in [-0.39, 0.29) is 12.1 Å². The number of aromatic nitrogens is 2. The molecule has 0 aliphatic heterocycles. The van der Waals surface area contributed by atoms with Crippen molar-refractivity contribution in [2.24, 2.45) is 5.73 Å². The predicted octanol–water partition coefficient (Wildman–Crippen LogP) is 2.34. The zero-order valence-corrected chi connectivity index (χ0v) is 8.74. The van der Waals surface area contributed by atoms with Crippen LogP contribution < -0.4 is 5.73 Å². The molecule has 2 N–H and O–H groups in total. The normalized spacial score (nSPS) is 27.0. The lowest BCUT2D eigenvalue weighted by molar-refractivity contribution is -0.141. The van der Waals surface area contributed by atoms with Crippen LogP contribution in [0.15, 0.2) is 12.3 Å². The molecule has 0 bridgehead atoms. The van der Waals surface area contributed by atoms with Gasteiger partial charge in [0, 0.05) is 12.2 Å². The van der Waals surface area contributed by atoms with Crippen LogP contribution in [0.3, 0.4) is 0 Å². The van der Waals surface area contributed by atoms with Gasteiger partial charge in [-0.1, -0.05) is 12.8 Å². The van der Waals surface area contributed by atoms with E-state index in [9.17, 15) is 13.2 Å². The Bertz CT molecular complexity index is 358. The molecule has 1 aromatic rings. The summed E-state index contributed by atoms with van der Waals surface area (Å²) in [4.78, 5) is 0. The monoisotopic (exact) mass is 233 g/mol. The second kappa shape index (κ2) is 4.08. The topological polar surface area (TPSA) is 43.8 Å². The van der Waals surface area contributed by atoms with Crippen LogP contribution in [0.1, 0.15) is 37.4 Å². The first-order valence-corrected chi connectivity index (χ1v) is 5.36. The smallest absolute Gasteiger partial charge is 0.326 e. The summed E-state index contributed by atoms with van der Waals surface area (Å²) >= 11 is 0. The lowest BCUT2D eigenvalue weighted by atomic mass is 9.91. The molecule has 0 saturated heterocycles. The minimum absolute atomic E-state index is 0.0882. The first-order valence-electron chi connectivity index (χ1n) is 5.36. The van der Waals surface area contributed by atoms with Gasteiger partial charge in [-0.2, -0.15) is 18.3 Å². The molecule has 1 saturated carbocycles. The molecule has 0 spiro atoms. The van der Waals surface area contributed by atoms with Crippen LogP contribution in [-0.2, 0) is 6.18 Å². The number of rotatable bonds is 1. The van der Waals surface area contributed by atoms with Crippen molar-refractivity contribution >= 4 is 0 Å². The van der Waals surface area contributed by atoms with Crippen LogP contribution in [0.4, 0.5) is 13.2 Å². The van der Waals surface area contributed by atoms with E-state index in [1.807, 2.05) is 0 Å². The van der Waals surface area contributed by atoms with Gasteiger partial charge in [-0.3, -0.25) is 4.68 Å². The molecular weight excluding hydrogens is 219 g/mol. The van der Waals surface area contributed by atoms with Crippen molar-refractivity contribution in [2.45, 2.75) is 43.9 Å². The summed E-state index contributed by atoms with van der Waals surface area (Å²) in [5.41, 5.74) is 5.04. The molecule has 90 valence electrons. The molecule has 2 unspecified atom stereocenters. The third kappa shape index (κ3) is 2.21. The third-order valence-corrected chi connectivity index (χ3v) is 3.02. The maximum atomic E-state index is 12.4. The average molecular weight is 233 g/mol. The van der Waals surface area contributed by atoms with Crippen LogP contribution in [0, 0.1) is 0 Å². The Kier molecular flexibility index (Phi) is 2.92. The minimum Gasteiger partial charge on any atom is -0.326 e. The lowest BCUT2D eigenvalue weighted by Crippen LogP contribution is -2.35. The Morgan fingerprint density at radius 2 is 2.00 bits per heavy atom. The van der Waals surface area contributed by atoms with Gasteiger partial charge in [-0.15, -0.1) is 0 Å². The summed E-state index contributed by atoms with van der Waals surface area (Å²) in [6, 6.07) is 0.820. The maximum absolute atomic E-state index is 12.4. The quantitative estimate of drug-likeness (QED) is 0.809. The van der Waals surface area contributed by atoms with Gasteiger partial charge in [0.25, 0.3) is 0 Å². The van der Waals surface area contributed by atoms with Crippen LogP contribution in [0.5, 0.6) is 0 Å². The molecule has 1 aliphatic rings. The molecule has 0 aromatic carbocycles. The van der Waals surface area contributed by atoms with Crippen molar-refractivity contribution in [2.75, 3.05) is 0 Å². The fourth-order valence-corrected chi connectivity index (χ4v) is 2.14. The van der Waals surface area contributed by atoms with E-state index in [0.29, 0.717) is 0 Å². The standard InChI is InChI=1S/C10H14F3N3/c11-10(12,13)9-5-6-16(15-9)8-4-2-1-3-7(8)14/h5-8H,1-4,14H2. The van der Waals surface area contributed by atoms with E-state index in [1.165, 1.54) is 10.9 Å². The summed E-state index contributed by atoms with van der Waals surface area (Å²) in [5.74, 6) is 0. The van der Waals surface area contributed by atoms with Gasteiger partial charge in [-0.25, -0.2) is 0 Å². The molecule has 2 atom stereocenters. The fraction of sp³-hybridized carbons (Fsp3) is 0.700. The van der Waals surface area contributed by atoms with Gasteiger partial charge in [0.2, 0.25) is 0 Å². The molecule has 1 aromatic heterocycles. The zero-order valence-electron chi connectivity index (χ0n) is 8.74. The Morgan fingerprint density at radius 3 is 2.56 bits per heavy atom. The summed E-state index contributed by atoms with van der Waals surface area (Å²) < 4.78 is 38.4. The van der Waals surface area contributed by atoms with Gasteiger partial charge in [0.05, 0.1) is 6.04 Å². The number of hydrogen-bond acceptors (Lipinski definition) is 2. The second-order valence-corrected chi connectivity index (χ2v) is 4.19. The molecule has 1 heterocycles. The van der Waals surface area contributed by atoms with Crippen LogP contribution in [0.25, 0.3) is 0 Å². The summed E-state index contributed by atoms with van der Waals surface area (Å²) in [7, 11) is 0. The number of hydrogen-bond donors (Lipinski definition) is 1. The number of nitrogens with two attached hydrogens (primary N) is 1. The Balaban J connectivity index is 2.18. The van der Waals surface area contributed by atoms with E-state index in [1.54, 1.807) is 0 Å². The highest BCUT2D eigenvalue weighted by Crippen LogP contribution is 2.31. The van der Waals surface area contributed by atoms with E-state index in [2.05, 4.69) is 5.10 Å². The van der Waals surface area contributed by atoms with Gasteiger partial charge in [0.1, 0.15) is 0 Å². The highest BCUT2D eigenvalue weighted by molar-refractivity contribution is 5.04. The Labute approximate surface area is 91.4 Å². The van der Waals surface area contributed by atoms with Gasteiger partial charge in [-0.05, 0) is 18.9 Å². The van der Waals surface area contributed by atoms with Crippen molar-refractivity contribution in [3.05, 3.63) is 18.0 Å². The Morgan fingerprint density at radius 1 is 1.31 bits per heavy atom. The molecule has 2 rings (SSSR count). The largest absolute Gasteiger partial charge is 0.435 e. The van der Waals surface area contributed by atoms with Crippen molar-refractivity contribution in [3.63, 3.8) is 0 Å². The summed E-state index contributed by atoms with van der Waals surface area (Å²) in [6.45, 7) is 0. The predicted molar refractivity (Wildman–Crippen MR) is 52.7 cm³/mol. The Hall–Kier alpha value is -1.04. The van der Waals surface area contributed by atoms with E-state index >= 15 is 0 Å². The van der Waals surface area contributed by atoms with Gasteiger partial charge >= 0.3 is 6.18 Å². The molecule has 0 radical (unpaired) electrons. The SMILES string of the molecule is NC1CCCCC1n1ccc(C(F)(F)F)n1. The first kappa shape index (κ1) is 11.4. The van der Waals surface area contributed by atoms with Crippen molar-refractivity contribution < 1.29 is 13.2 Å². The van der Waals surface area contributed by atoms with E-state index in [0.717, 1.165) is 31.7 Å². The fourth-order valence-electron chi connectivity index (χ4n) is 2.14. The highest BCUT2D eigenvalue weighted by Gasteiger charge is 2.34. The van der Waals surface area contributed by atoms with Crippen LogP contribution >= 0.6 is 0 Å². The lowest BCUT2D eigenvalue weighted by Gasteiger charge is -2.28. The average Bonchev–Trinajstić information content (AvgIpc) is 2.66. The van der Waals surface area contributed by atoms with E-state index < -0.39 is 11.9 Å². The third-order valence-electron chi connectivity index (χ3n) is 3.02. The summed E-state index contributed by atoms with van der Waals surface area (Å²) in [5, 5.41) is 3.57. The molecule has 16 heavy (non-hydrogen) atoms. The van der Waals surface area contributed by atoms with Crippen LogP contribution in [-0.4, -0.2) is 15.8 Å². The summed E-state index contributed by atoms with van der Waals surface area (Å²) in [6.07, 6.45) is 0.708. The molecule has 1 fully saturated rings. The minimum atomic E-state index is -4.37. The van der Waals surface area contributed by atoms with Gasteiger partial charge < -0.3 is 5.73 Å².